The molecule has 0 aromatic carbocycles. The second kappa shape index (κ2) is 10.2. The first-order valence-electron chi connectivity index (χ1n) is 11.1. The molecule has 4 rings (SSSR count). The number of ether oxygens (including phenoxy) is 1. The van der Waals surface area contributed by atoms with Crippen molar-refractivity contribution in [2.45, 2.75) is 45.4 Å². The van der Waals surface area contributed by atoms with Crippen LogP contribution in [0.3, 0.4) is 0 Å². The zero-order chi connectivity index (χ0) is 23.5. The highest BCUT2D eigenvalue weighted by Gasteiger charge is 2.41. The minimum atomic E-state index is -1.03. The fourth-order valence-electron chi connectivity index (χ4n) is 4.05. The summed E-state index contributed by atoms with van der Waals surface area (Å²) in [6.45, 7) is 7.28. The molecule has 0 amide bonds. The van der Waals surface area contributed by atoms with Crippen molar-refractivity contribution in [2.75, 3.05) is 37.0 Å². The van der Waals surface area contributed by atoms with Gasteiger partial charge in [-0.2, -0.15) is 4.98 Å². The van der Waals surface area contributed by atoms with Crippen molar-refractivity contribution in [3.63, 3.8) is 0 Å². The molecule has 11 heteroatoms. The number of aliphatic hydroxyl groups excluding tert-OH is 3. The number of fused-ring (bicyclic) bond motifs is 1. The summed E-state index contributed by atoms with van der Waals surface area (Å²) in [6.07, 6.45) is 0.138. The lowest BCUT2D eigenvalue weighted by atomic mass is 10.1. The van der Waals surface area contributed by atoms with Crippen LogP contribution in [0.25, 0.3) is 20.8 Å². The third-order valence-electron chi connectivity index (χ3n) is 5.81. The fraction of sp³-hybridized carbons (Fsp3) is 0.545. The highest BCUT2D eigenvalue weighted by atomic mass is 32.1. The number of aryl methyl sites for hydroxylation is 2. The highest BCUT2D eigenvalue weighted by Crippen LogP contribution is 2.38. The van der Waals surface area contributed by atoms with Crippen LogP contribution >= 0.6 is 11.3 Å². The number of thiazole rings is 1. The first-order valence-corrected chi connectivity index (χ1v) is 11.9. The summed E-state index contributed by atoms with van der Waals surface area (Å²) in [4.78, 5) is 18.4. The normalized spacial score (nSPS) is 22.7. The molecule has 5 N–H and O–H groups in total. The van der Waals surface area contributed by atoms with E-state index < -0.39 is 24.2 Å². The number of pyridine rings is 1. The Morgan fingerprint density at radius 1 is 1.18 bits per heavy atom. The van der Waals surface area contributed by atoms with Gasteiger partial charge in [0.2, 0.25) is 5.95 Å². The lowest BCUT2D eigenvalue weighted by molar-refractivity contribution is 0.00446. The largest absolute Gasteiger partial charge is 0.396 e. The Kier molecular flexibility index (Phi) is 7.35. The zero-order valence-electron chi connectivity index (χ0n) is 18.9. The molecular weight excluding hydrogens is 444 g/mol. The molecule has 1 fully saturated rings. The van der Waals surface area contributed by atoms with Crippen LogP contribution in [0.5, 0.6) is 0 Å². The molecule has 4 atom stereocenters. The number of aliphatic hydroxyl groups is 3. The molecule has 0 radical (unpaired) electrons. The first kappa shape index (κ1) is 23.7. The Labute approximate surface area is 196 Å². The van der Waals surface area contributed by atoms with E-state index in [4.69, 9.17) is 9.72 Å². The number of nitrogens with one attached hydrogen (secondary N) is 2. The first-order chi connectivity index (χ1) is 15.9. The molecular formula is C22H30N6O4S. The molecule has 4 unspecified atom stereocenters. The monoisotopic (exact) mass is 474 g/mol. The van der Waals surface area contributed by atoms with E-state index in [2.05, 4.69) is 25.6 Å². The van der Waals surface area contributed by atoms with Crippen molar-refractivity contribution < 1.29 is 20.1 Å². The summed E-state index contributed by atoms with van der Waals surface area (Å²) in [6, 6.07) is 1.52. The topological polar surface area (TPSA) is 146 Å². The van der Waals surface area contributed by atoms with Crippen LogP contribution in [-0.2, 0) is 4.74 Å². The second-order valence-corrected chi connectivity index (χ2v) is 9.23. The van der Waals surface area contributed by atoms with Crippen molar-refractivity contribution in [2.24, 2.45) is 5.92 Å². The molecule has 1 aliphatic carbocycles. The molecule has 10 nitrogen and oxygen atoms in total. The van der Waals surface area contributed by atoms with Gasteiger partial charge in [0.1, 0.15) is 22.4 Å². The summed E-state index contributed by atoms with van der Waals surface area (Å²) in [5, 5.41) is 37.6. The van der Waals surface area contributed by atoms with Gasteiger partial charge >= 0.3 is 0 Å². The Balaban J connectivity index is 1.71. The average Bonchev–Trinajstić information content (AvgIpc) is 3.31. The Morgan fingerprint density at radius 3 is 2.73 bits per heavy atom. The summed E-state index contributed by atoms with van der Waals surface area (Å²) in [5.41, 5.74) is 3.16. The number of hydrogen-bond donors (Lipinski definition) is 5. The third kappa shape index (κ3) is 5.07. The lowest BCUT2D eigenvalue weighted by Gasteiger charge is -2.21. The minimum Gasteiger partial charge on any atom is -0.396 e. The van der Waals surface area contributed by atoms with Crippen LogP contribution in [0.1, 0.15) is 24.7 Å². The predicted octanol–water partition coefficient (Wildman–Crippen LogP) is 1.73. The molecule has 1 aliphatic rings. The number of nitrogens with zero attached hydrogens (tertiary/aromatic N) is 4. The highest BCUT2D eigenvalue weighted by molar-refractivity contribution is 7.21. The molecule has 0 spiro atoms. The Morgan fingerprint density at radius 2 is 2.00 bits per heavy atom. The summed E-state index contributed by atoms with van der Waals surface area (Å²) in [7, 11) is 0. The van der Waals surface area contributed by atoms with E-state index >= 15 is 0 Å². The van der Waals surface area contributed by atoms with Crippen LogP contribution in [-0.4, -0.2) is 79.9 Å². The van der Waals surface area contributed by atoms with Gasteiger partial charge in [-0.3, -0.25) is 4.98 Å². The molecule has 0 bridgehead atoms. The Bertz CT molecular complexity index is 1110. The molecule has 0 aliphatic heterocycles. The number of anilines is 2. The van der Waals surface area contributed by atoms with Crippen molar-refractivity contribution in [3.05, 3.63) is 23.7 Å². The van der Waals surface area contributed by atoms with Gasteiger partial charge < -0.3 is 30.7 Å². The summed E-state index contributed by atoms with van der Waals surface area (Å²) in [5.74, 6) is 0.549. The molecule has 3 heterocycles. The summed E-state index contributed by atoms with van der Waals surface area (Å²) >= 11 is 1.52. The van der Waals surface area contributed by atoms with Gasteiger partial charge in [0.15, 0.2) is 0 Å². The van der Waals surface area contributed by atoms with E-state index in [-0.39, 0.29) is 6.61 Å². The maximum absolute atomic E-state index is 10.5. The third-order valence-corrected chi connectivity index (χ3v) is 6.84. The van der Waals surface area contributed by atoms with E-state index in [1.54, 1.807) is 6.20 Å². The van der Waals surface area contributed by atoms with Gasteiger partial charge in [0.25, 0.3) is 0 Å². The minimum absolute atomic E-state index is 0.194. The van der Waals surface area contributed by atoms with Gasteiger partial charge in [-0.05, 0) is 33.3 Å². The van der Waals surface area contributed by atoms with E-state index in [1.807, 2.05) is 26.8 Å². The van der Waals surface area contributed by atoms with E-state index in [0.717, 1.165) is 32.2 Å². The smallest absolute Gasteiger partial charge is 0.224 e. The van der Waals surface area contributed by atoms with Gasteiger partial charge in [-0.15, -0.1) is 11.3 Å². The van der Waals surface area contributed by atoms with Gasteiger partial charge in [-0.1, -0.05) is 0 Å². The number of aromatic nitrogens is 4. The van der Waals surface area contributed by atoms with Gasteiger partial charge in [0, 0.05) is 31.4 Å². The van der Waals surface area contributed by atoms with E-state index in [1.165, 1.54) is 11.3 Å². The van der Waals surface area contributed by atoms with Crippen molar-refractivity contribution in [1.29, 1.82) is 0 Å². The van der Waals surface area contributed by atoms with Crippen molar-refractivity contribution >= 4 is 33.3 Å². The molecule has 3 aromatic heterocycles. The maximum atomic E-state index is 10.5. The average molecular weight is 475 g/mol. The van der Waals surface area contributed by atoms with Gasteiger partial charge in [0.05, 0.1) is 40.9 Å². The molecule has 178 valence electrons. The predicted molar refractivity (Wildman–Crippen MR) is 128 cm³/mol. The van der Waals surface area contributed by atoms with Crippen LogP contribution in [0, 0.1) is 19.8 Å². The molecule has 1 saturated carbocycles. The van der Waals surface area contributed by atoms with Crippen LogP contribution < -0.4 is 10.6 Å². The second-order valence-electron chi connectivity index (χ2n) is 8.20. The quantitative estimate of drug-likeness (QED) is 0.291. The van der Waals surface area contributed by atoms with Crippen LogP contribution in [0.4, 0.5) is 11.8 Å². The standard InChI is InChI=1S/C22H30N6O4S/c1-4-32-6-5-23-22-25-12(3)17(21-27-15-9-24-11(2)7-16(15)33-21)20(28-22)26-14-8-13(10-29)18(30)19(14)31/h7,9,13-14,18-19,29-31H,4-6,8,10H2,1-3H3,(H2,23,25,26,28). The van der Waals surface area contributed by atoms with Crippen LogP contribution in [0.2, 0.25) is 0 Å². The fourth-order valence-corrected chi connectivity index (χ4v) is 5.18. The molecule has 33 heavy (non-hydrogen) atoms. The lowest BCUT2D eigenvalue weighted by Crippen LogP contribution is -2.35. The SMILES string of the molecule is CCOCCNc1nc(C)c(-c2nc3cnc(C)cc3s2)c(NC2CC(CO)C(O)C2O)n1. The van der Waals surface area contributed by atoms with Gasteiger partial charge in [-0.25, -0.2) is 9.97 Å². The van der Waals surface area contributed by atoms with E-state index in [9.17, 15) is 15.3 Å². The molecule has 3 aromatic rings. The van der Waals surface area contributed by atoms with Crippen LogP contribution in [0.15, 0.2) is 12.3 Å². The number of rotatable bonds is 9. The van der Waals surface area contributed by atoms with E-state index in [0.29, 0.717) is 37.9 Å². The van der Waals surface area contributed by atoms with Crippen molar-refractivity contribution in [1.82, 2.24) is 19.9 Å². The molecule has 0 saturated heterocycles. The maximum Gasteiger partial charge on any atom is 0.224 e. The Hall–Kier alpha value is -2.44. The number of hydrogen-bond acceptors (Lipinski definition) is 11. The summed E-state index contributed by atoms with van der Waals surface area (Å²) < 4.78 is 6.39. The zero-order valence-corrected chi connectivity index (χ0v) is 19.8. The van der Waals surface area contributed by atoms with Crippen molar-refractivity contribution in [3.8, 4) is 10.6 Å².